The lowest BCUT2D eigenvalue weighted by Crippen LogP contribution is -2.35. The number of hydrogen-bond acceptors (Lipinski definition) is 5. The summed E-state index contributed by atoms with van der Waals surface area (Å²) in [6, 6.07) is 7.04. The molecule has 1 atom stereocenters. The van der Waals surface area contributed by atoms with Crippen molar-refractivity contribution in [1.82, 2.24) is 9.47 Å². The molecular formula is C21H26N2O5. The topological polar surface area (TPSA) is 70.0 Å². The zero-order valence-electron chi connectivity index (χ0n) is 16.7. The molecule has 1 saturated heterocycles. The number of carbonyl (C=O) groups is 1. The van der Waals surface area contributed by atoms with Crippen LogP contribution < -0.4 is 19.6 Å². The minimum absolute atomic E-state index is 0.0854. The number of hydrogen-bond donors (Lipinski definition) is 0. The molecule has 0 spiro atoms. The number of rotatable bonds is 6. The molecule has 0 radical (unpaired) electrons. The van der Waals surface area contributed by atoms with Crippen LogP contribution in [0.2, 0.25) is 0 Å². The molecule has 1 fully saturated rings. The highest BCUT2D eigenvalue weighted by Gasteiger charge is 2.32. The molecule has 1 aromatic carbocycles. The van der Waals surface area contributed by atoms with Gasteiger partial charge in [-0.2, -0.15) is 0 Å². The van der Waals surface area contributed by atoms with Gasteiger partial charge < -0.3 is 23.7 Å². The monoisotopic (exact) mass is 386 g/mol. The fourth-order valence-electron chi connectivity index (χ4n) is 3.52. The second-order valence-corrected chi connectivity index (χ2v) is 6.90. The average Bonchev–Trinajstić information content (AvgIpc) is 3.18. The van der Waals surface area contributed by atoms with Crippen LogP contribution in [0.5, 0.6) is 17.2 Å². The molecular weight excluding hydrogens is 360 g/mol. The predicted molar refractivity (Wildman–Crippen MR) is 105 cm³/mol. The Bertz CT molecular complexity index is 921. The van der Waals surface area contributed by atoms with Gasteiger partial charge in [0.2, 0.25) is 5.43 Å². The number of pyridine rings is 1. The van der Waals surface area contributed by atoms with Crippen LogP contribution in [0.1, 0.15) is 30.1 Å². The first-order chi connectivity index (χ1) is 13.4. The standard InChI is InChI=1S/C21H26N2O5/c1-14-10-18(24)20(12-22(14)2)28-13-21(25)23-9-5-6-17(23)16-8-7-15(26-3)11-19(16)27-4/h7-8,10-12,17H,5-6,9,13H2,1-4H3/t17-/m1/s1. The van der Waals surface area contributed by atoms with Crippen molar-refractivity contribution in [2.24, 2.45) is 7.05 Å². The summed E-state index contributed by atoms with van der Waals surface area (Å²) in [6.07, 6.45) is 3.36. The molecule has 1 aromatic heterocycles. The van der Waals surface area contributed by atoms with Crippen molar-refractivity contribution < 1.29 is 19.0 Å². The smallest absolute Gasteiger partial charge is 0.261 e. The first-order valence-corrected chi connectivity index (χ1v) is 9.26. The van der Waals surface area contributed by atoms with Gasteiger partial charge in [0.25, 0.3) is 5.91 Å². The molecule has 2 aromatic rings. The lowest BCUT2D eigenvalue weighted by Gasteiger charge is -2.26. The number of benzene rings is 1. The van der Waals surface area contributed by atoms with Crippen molar-refractivity contribution >= 4 is 5.91 Å². The van der Waals surface area contributed by atoms with Gasteiger partial charge in [0.1, 0.15) is 11.5 Å². The van der Waals surface area contributed by atoms with Gasteiger partial charge in [-0.1, -0.05) is 0 Å². The molecule has 7 heteroatoms. The van der Waals surface area contributed by atoms with E-state index >= 15 is 0 Å². The van der Waals surface area contributed by atoms with Crippen LogP contribution in [-0.2, 0) is 11.8 Å². The van der Waals surface area contributed by atoms with Crippen LogP contribution in [0.25, 0.3) is 0 Å². The fraction of sp³-hybridized carbons (Fsp3) is 0.429. The number of amides is 1. The molecule has 1 aliphatic heterocycles. The zero-order chi connectivity index (χ0) is 20.3. The minimum Gasteiger partial charge on any atom is -0.497 e. The average molecular weight is 386 g/mol. The molecule has 0 saturated carbocycles. The number of aryl methyl sites for hydroxylation is 2. The van der Waals surface area contributed by atoms with Crippen LogP contribution in [0.15, 0.2) is 35.3 Å². The third-order valence-corrected chi connectivity index (χ3v) is 5.17. The van der Waals surface area contributed by atoms with Crippen molar-refractivity contribution in [1.29, 1.82) is 0 Å². The lowest BCUT2D eigenvalue weighted by molar-refractivity contribution is -0.134. The molecule has 2 heterocycles. The molecule has 0 unspecified atom stereocenters. The van der Waals surface area contributed by atoms with E-state index < -0.39 is 0 Å². The van der Waals surface area contributed by atoms with Gasteiger partial charge >= 0.3 is 0 Å². The van der Waals surface area contributed by atoms with E-state index in [1.165, 1.54) is 6.07 Å². The highest BCUT2D eigenvalue weighted by molar-refractivity contribution is 5.78. The van der Waals surface area contributed by atoms with E-state index in [2.05, 4.69) is 0 Å². The van der Waals surface area contributed by atoms with Gasteiger partial charge in [0.05, 0.1) is 20.3 Å². The van der Waals surface area contributed by atoms with Crippen LogP contribution in [0.4, 0.5) is 0 Å². The Morgan fingerprint density at radius 2 is 1.96 bits per heavy atom. The Kier molecular flexibility index (Phi) is 5.92. The van der Waals surface area contributed by atoms with Crippen LogP contribution in [-0.4, -0.2) is 42.7 Å². The van der Waals surface area contributed by atoms with Crippen molar-refractivity contribution in [3.63, 3.8) is 0 Å². The number of ether oxygens (including phenoxy) is 3. The van der Waals surface area contributed by atoms with Gasteiger partial charge in [-0.25, -0.2) is 0 Å². The van der Waals surface area contributed by atoms with E-state index in [4.69, 9.17) is 14.2 Å². The Balaban J connectivity index is 1.75. The maximum atomic E-state index is 12.8. The van der Waals surface area contributed by atoms with E-state index in [1.807, 2.05) is 32.2 Å². The second kappa shape index (κ2) is 8.37. The summed E-state index contributed by atoms with van der Waals surface area (Å²) in [5, 5.41) is 0. The molecule has 7 nitrogen and oxygen atoms in total. The van der Waals surface area contributed by atoms with Gasteiger partial charge in [0, 0.05) is 43.2 Å². The largest absolute Gasteiger partial charge is 0.497 e. The Hall–Kier alpha value is -2.96. The van der Waals surface area contributed by atoms with Crippen molar-refractivity contribution in [3.8, 4) is 17.2 Å². The quantitative estimate of drug-likeness (QED) is 0.763. The van der Waals surface area contributed by atoms with Crippen LogP contribution >= 0.6 is 0 Å². The predicted octanol–water partition coefficient (Wildman–Crippen LogP) is 2.45. The SMILES string of the molecule is COc1ccc([C@H]2CCCN2C(=O)COc2cn(C)c(C)cc2=O)c(OC)c1. The van der Waals surface area contributed by atoms with Crippen LogP contribution in [0, 0.1) is 6.92 Å². The Morgan fingerprint density at radius 1 is 1.18 bits per heavy atom. The first-order valence-electron chi connectivity index (χ1n) is 9.26. The Labute approximate surface area is 164 Å². The molecule has 3 rings (SSSR count). The second-order valence-electron chi connectivity index (χ2n) is 6.90. The van der Waals surface area contributed by atoms with E-state index in [-0.39, 0.29) is 29.7 Å². The number of likely N-dealkylation sites (tertiary alicyclic amines) is 1. The number of methoxy groups -OCH3 is 2. The molecule has 28 heavy (non-hydrogen) atoms. The molecule has 1 aliphatic rings. The molecule has 1 amide bonds. The fourth-order valence-corrected chi connectivity index (χ4v) is 3.52. The van der Waals surface area contributed by atoms with E-state index in [1.54, 1.807) is 29.9 Å². The summed E-state index contributed by atoms with van der Waals surface area (Å²) in [7, 11) is 5.04. The highest BCUT2D eigenvalue weighted by atomic mass is 16.5. The van der Waals surface area contributed by atoms with E-state index in [9.17, 15) is 9.59 Å². The molecule has 0 N–H and O–H groups in total. The van der Waals surface area contributed by atoms with Crippen molar-refractivity contribution in [2.75, 3.05) is 27.4 Å². The lowest BCUT2D eigenvalue weighted by atomic mass is 10.0. The first kappa shape index (κ1) is 19.8. The molecule has 0 aliphatic carbocycles. The Morgan fingerprint density at radius 3 is 2.68 bits per heavy atom. The maximum Gasteiger partial charge on any atom is 0.261 e. The highest BCUT2D eigenvalue weighted by Crippen LogP contribution is 2.38. The third-order valence-electron chi connectivity index (χ3n) is 5.17. The van der Waals surface area contributed by atoms with Crippen LogP contribution in [0.3, 0.4) is 0 Å². The summed E-state index contributed by atoms with van der Waals surface area (Å²) in [5.41, 5.74) is 1.55. The maximum absolute atomic E-state index is 12.8. The summed E-state index contributed by atoms with van der Waals surface area (Å²) in [6.45, 7) is 2.31. The van der Waals surface area contributed by atoms with Crippen molar-refractivity contribution in [2.45, 2.75) is 25.8 Å². The van der Waals surface area contributed by atoms with E-state index in [0.717, 1.165) is 24.1 Å². The number of aromatic nitrogens is 1. The minimum atomic E-state index is -0.224. The zero-order valence-corrected chi connectivity index (χ0v) is 16.7. The number of nitrogens with zero attached hydrogens (tertiary/aromatic N) is 2. The number of carbonyl (C=O) groups excluding carboxylic acids is 1. The normalized spacial score (nSPS) is 16.1. The van der Waals surface area contributed by atoms with Crippen molar-refractivity contribution in [3.05, 3.63) is 51.9 Å². The van der Waals surface area contributed by atoms with E-state index in [0.29, 0.717) is 18.0 Å². The molecule has 0 bridgehead atoms. The molecule has 150 valence electrons. The summed E-state index contributed by atoms with van der Waals surface area (Å²) in [4.78, 5) is 26.7. The third kappa shape index (κ3) is 3.98. The summed E-state index contributed by atoms with van der Waals surface area (Å²) >= 11 is 0. The summed E-state index contributed by atoms with van der Waals surface area (Å²) in [5.74, 6) is 1.43. The van der Waals surface area contributed by atoms with Gasteiger partial charge in [0.15, 0.2) is 12.4 Å². The van der Waals surface area contributed by atoms with Gasteiger partial charge in [-0.15, -0.1) is 0 Å². The van der Waals surface area contributed by atoms with Gasteiger partial charge in [-0.05, 0) is 31.9 Å². The van der Waals surface area contributed by atoms with Gasteiger partial charge in [-0.3, -0.25) is 9.59 Å². The summed E-state index contributed by atoms with van der Waals surface area (Å²) < 4.78 is 18.1.